The Balaban J connectivity index is 2.06. The second-order valence-electron chi connectivity index (χ2n) is 4.38. The van der Waals surface area contributed by atoms with Gasteiger partial charge in [0.05, 0.1) is 4.47 Å². The highest BCUT2D eigenvalue weighted by molar-refractivity contribution is 9.10. The molecule has 1 aromatic rings. The molecule has 0 spiro atoms. The number of rotatable bonds is 2. The Kier molecular flexibility index (Phi) is 4.85. The van der Waals surface area contributed by atoms with Crippen LogP contribution < -0.4 is 10.1 Å². The molecular weight excluding hydrogens is 357 g/mol. The van der Waals surface area contributed by atoms with Gasteiger partial charge in [0.25, 0.3) is 0 Å². The number of hydrogen-bond donors (Lipinski definition) is 1. The van der Waals surface area contributed by atoms with Gasteiger partial charge in [0.2, 0.25) is 0 Å². The fourth-order valence-corrected chi connectivity index (χ4v) is 2.91. The van der Waals surface area contributed by atoms with Gasteiger partial charge in [0, 0.05) is 18.0 Å². The van der Waals surface area contributed by atoms with Crippen molar-refractivity contribution in [2.45, 2.75) is 13.3 Å². The summed E-state index contributed by atoms with van der Waals surface area (Å²) in [5.74, 6) is 1.25. The van der Waals surface area contributed by atoms with Crippen LogP contribution in [-0.4, -0.2) is 23.8 Å². The van der Waals surface area contributed by atoms with Gasteiger partial charge in [-0.25, -0.2) is 0 Å². The van der Waals surface area contributed by atoms with E-state index in [0.29, 0.717) is 11.6 Å². The Bertz CT molecular complexity index is 522. The zero-order valence-electron chi connectivity index (χ0n) is 10.5. The van der Waals surface area contributed by atoms with E-state index < -0.39 is 6.36 Å². The van der Waals surface area contributed by atoms with Crippen LogP contribution in [0.5, 0.6) is 5.75 Å². The summed E-state index contributed by atoms with van der Waals surface area (Å²) in [5.41, 5.74) is 0.659. The molecule has 1 heterocycles. The van der Waals surface area contributed by atoms with E-state index in [1.807, 2.05) is 0 Å². The average Bonchev–Trinajstić information content (AvgIpc) is 2.34. The summed E-state index contributed by atoms with van der Waals surface area (Å²) in [7, 11) is 0. The minimum atomic E-state index is -4.70. The number of aliphatic imine (C=N–C) groups is 1. The predicted octanol–water partition coefficient (Wildman–Crippen LogP) is 4.50. The number of halogens is 4. The highest BCUT2D eigenvalue weighted by Crippen LogP contribution is 2.33. The second kappa shape index (κ2) is 6.26. The van der Waals surface area contributed by atoms with Gasteiger partial charge in [0.1, 0.15) is 5.75 Å². The molecule has 0 fully saturated rings. The standard InChI is InChI=1S/C12H12BrF3N2OS/c1-7-5-17-11(20-6-7)18-8-2-3-10(9(13)4-8)19-12(14,15)16/h2-4,7H,5-6H2,1H3,(H,17,18). The van der Waals surface area contributed by atoms with E-state index in [1.54, 1.807) is 11.8 Å². The number of nitrogens with one attached hydrogen (secondary N) is 1. The lowest BCUT2D eigenvalue weighted by molar-refractivity contribution is -0.274. The first-order valence-electron chi connectivity index (χ1n) is 5.83. The van der Waals surface area contributed by atoms with Crippen molar-refractivity contribution in [3.63, 3.8) is 0 Å². The Morgan fingerprint density at radius 3 is 2.75 bits per heavy atom. The summed E-state index contributed by atoms with van der Waals surface area (Å²) >= 11 is 4.66. The van der Waals surface area contributed by atoms with Crippen molar-refractivity contribution in [2.24, 2.45) is 10.9 Å². The zero-order valence-corrected chi connectivity index (χ0v) is 12.9. The number of amidine groups is 1. The Hall–Kier alpha value is -0.890. The van der Waals surface area contributed by atoms with Crippen molar-refractivity contribution in [3.8, 4) is 5.75 Å². The molecule has 0 saturated heterocycles. The quantitative estimate of drug-likeness (QED) is 0.834. The third kappa shape index (κ3) is 4.59. The van der Waals surface area contributed by atoms with Crippen LogP contribution in [0.2, 0.25) is 0 Å². The van der Waals surface area contributed by atoms with Gasteiger partial charge in [-0.2, -0.15) is 0 Å². The fraction of sp³-hybridized carbons (Fsp3) is 0.417. The molecule has 2 rings (SSSR count). The van der Waals surface area contributed by atoms with Gasteiger partial charge < -0.3 is 10.1 Å². The van der Waals surface area contributed by atoms with Crippen LogP contribution in [0, 0.1) is 5.92 Å². The van der Waals surface area contributed by atoms with Crippen LogP contribution in [0.3, 0.4) is 0 Å². The summed E-state index contributed by atoms with van der Waals surface area (Å²) in [4.78, 5) is 4.36. The third-order valence-electron chi connectivity index (χ3n) is 2.46. The van der Waals surface area contributed by atoms with Crippen LogP contribution in [0.1, 0.15) is 6.92 Å². The maximum atomic E-state index is 12.2. The molecule has 0 bridgehead atoms. The lowest BCUT2D eigenvalue weighted by Crippen LogP contribution is -2.19. The van der Waals surface area contributed by atoms with E-state index in [0.717, 1.165) is 17.5 Å². The first-order chi connectivity index (χ1) is 9.33. The average molecular weight is 369 g/mol. The fourth-order valence-electron chi connectivity index (χ4n) is 1.54. The second-order valence-corrected chi connectivity index (χ2v) is 6.24. The lowest BCUT2D eigenvalue weighted by atomic mass is 10.2. The number of anilines is 1. The van der Waals surface area contributed by atoms with Gasteiger partial charge >= 0.3 is 6.36 Å². The summed E-state index contributed by atoms with van der Waals surface area (Å²) in [6.45, 7) is 2.87. The van der Waals surface area contributed by atoms with E-state index in [9.17, 15) is 13.2 Å². The molecule has 0 radical (unpaired) electrons. The van der Waals surface area contributed by atoms with Crippen LogP contribution in [0.15, 0.2) is 27.7 Å². The van der Waals surface area contributed by atoms with Crippen molar-refractivity contribution in [1.29, 1.82) is 0 Å². The van der Waals surface area contributed by atoms with Crippen LogP contribution in [0.25, 0.3) is 0 Å². The van der Waals surface area contributed by atoms with Crippen LogP contribution >= 0.6 is 27.7 Å². The summed E-state index contributed by atoms with van der Waals surface area (Å²) < 4.78 is 40.6. The van der Waals surface area contributed by atoms with Crippen molar-refractivity contribution in [2.75, 3.05) is 17.6 Å². The molecule has 0 aromatic heterocycles. The molecule has 0 aliphatic carbocycles. The highest BCUT2D eigenvalue weighted by Gasteiger charge is 2.31. The number of hydrogen-bond acceptors (Lipinski definition) is 4. The number of nitrogens with zero attached hydrogens (tertiary/aromatic N) is 1. The minimum absolute atomic E-state index is 0.231. The number of alkyl halides is 3. The Morgan fingerprint density at radius 2 is 2.20 bits per heavy atom. The molecule has 20 heavy (non-hydrogen) atoms. The highest BCUT2D eigenvalue weighted by atomic mass is 79.9. The van der Waals surface area contributed by atoms with Gasteiger partial charge in [-0.15, -0.1) is 13.2 Å². The summed E-state index contributed by atoms with van der Waals surface area (Å²) in [5, 5.41) is 3.86. The number of ether oxygens (including phenoxy) is 1. The molecule has 1 aromatic carbocycles. The van der Waals surface area contributed by atoms with Crippen molar-refractivity contribution >= 4 is 38.5 Å². The summed E-state index contributed by atoms with van der Waals surface area (Å²) in [6, 6.07) is 4.31. The molecule has 8 heteroatoms. The van der Waals surface area contributed by atoms with Crippen LogP contribution in [-0.2, 0) is 0 Å². The topological polar surface area (TPSA) is 33.6 Å². The SMILES string of the molecule is CC1CN=C(Nc2ccc(OC(F)(F)F)c(Br)c2)SC1. The van der Waals surface area contributed by atoms with E-state index in [2.05, 4.69) is 37.9 Å². The van der Waals surface area contributed by atoms with Gasteiger partial charge in [-0.3, -0.25) is 4.99 Å². The van der Waals surface area contributed by atoms with Gasteiger partial charge in [-0.1, -0.05) is 18.7 Å². The molecular formula is C12H12BrF3N2OS. The first kappa shape index (κ1) is 15.5. The molecule has 3 nitrogen and oxygen atoms in total. The monoisotopic (exact) mass is 368 g/mol. The van der Waals surface area contributed by atoms with Gasteiger partial charge in [0.15, 0.2) is 5.17 Å². The smallest absolute Gasteiger partial charge is 0.405 e. The van der Waals surface area contributed by atoms with Crippen molar-refractivity contribution in [3.05, 3.63) is 22.7 Å². The van der Waals surface area contributed by atoms with E-state index >= 15 is 0 Å². The Labute approximate surface area is 127 Å². The molecule has 1 aliphatic heterocycles. The molecule has 110 valence electrons. The van der Waals surface area contributed by atoms with E-state index in [4.69, 9.17) is 0 Å². The molecule has 0 saturated carbocycles. The number of benzene rings is 1. The molecule has 1 unspecified atom stereocenters. The first-order valence-corrected chi connectivity index (χ1v) is 7.61. The molecule has 1 N–H and O–H groups in total. The van der Waals surface area contributed by atoms with E-state index in [-0.39, 0.29) is 10.2 Å². The zero-order chi connectivity index (χ0) is 14.8. The van der Waals surface area contributed by atoms with E-state index in [1.165, 1.54) is 18.2 Å². The molecule has 1 aliphatic rings. The van der Waals surface area contributed by atoms with Crippen LogP contribution in [0.4, 0.5) is 18.9 Å². The van der Waals surface area contributed by atoms with Crippen molar-refractivity contribution in [1.82, 2.24) is 0 Å². The molecule has 1 atom stereocenters. The predicted molar refractivity (Wildman–Crippen MR) is 78.4 cm³/mol. The lowest BCUT2D eigenvalue weighted by Gasteiger charge is -2.18. The van der Waals surface area contributed by atoms with Gasteiger partial charge in [-0.05, 0) is 40.0 Å². The molecule has 0 amide bonds. The maximum Gasteiger partial charge on any atom is 0.573 e. The largest absolute Gasteiger partial charge is 0.573 e. The normalized spacial score (nSPS) is 19.4. The maximum absolute atomic E-state index is 12.2. The van der Waals surface area contributed by atoms with Crippen molar-refractivity contribution < 1.29 is 17.9 Å². The summed E-state index contributed by atoms with van der Waals surface area (Å²) in [6.07, 6.45) is -4.70. The number of thioether (sulfide) groups is 1. The Morgan fingerprint density at radius 1 is 1.45 bits per heavy atom. The third-order valence-corrected chi connectivity index (χ3v) is 4.32. The minimum Gasteiger partial charge on any atom is -0.405 e.